The Balaban J connectivity index is 2.33. The van der Waals surface area contributed by atoms with Gasteiger partial charge in [-0.3, -0.25) is 4.79 Å². The maximum Gasteiger partial charge on any atom is 0.305 e. The van der Waals surface area contributed by atoms with Crippen LogP contribution in [0.4, 0.5) is 5.69 Å². The van der Waals surface area contributed by atoms with Gasteiger partial charge >= 0.3 is 5.97 Å². The number of thiocarbonyl (C=S) groups is 1. The molecule has 0 aliphatic carbocycles. The third-order valence-electron chi connectivity index (χ3n) is 2.51. The second kappa shape index (κ2) is 7.96. The quantitative estimate of drug-likeness (QED) is 0.497. The number of benzene rings is 1. The molecule has 1 rings (SSSR count). The molecule has 0 fully saturated rings. The molecule has 1 aromatic rings. The van der Waals surface area contributed by atoms with Gasteiger partial charge in [-0.1, -0.05) is 11.6 Å². The molecule has 2 N–H and O–H groups in total. The fourth-order valence-electron chi connectivity index (χ4n) is 1.47. The van der Waals surface area contributed by atoms with E-state index in [0.29, 0.717) is 29.5 Å². The van der Waals surface area contributed by atoms with E-state index in [1.165, 1.54) is 7.11 Å². The third-order valence-corrected chi connectivity index (χ3v) is 2.99. The lowest BCUT2D eigenvalue weighted by molar-refractivity contribution is -0.140. The maximum absolute atomic E-state index is 10.9. The first-order valence-electron chi connectivity index (χ1n) is 5.90. The molecule has 0 radical (unpaired) electrons. The smallest absolute Gasteiger partial charge is 0.305 e. The first kappa shape index (κ1) is 15.7. The number of halogens is 1. The molecule has 4 nitrogen and oxygen atoms in total. The summed E-state index contributed by atoms with van der Waals surface area (Å²) in [4.78, 5) is 10.9. The summed E-state index contributed by atoms with van der Waals surface area (Å²) in [7, 11) is 1.38. The average molecular weight is 301 g/mol. The summed E-state index contributed by atoms with van der Waals surface area (Å²) in [6.07, 6.45) is 1.06. The third kappa shape index (κ3) is 5.89. The highest BCUT2D eigenvalue weighted by Crippen LogP contribution is 2.19. The number of rotatable bonds is 5. The number of aryl methyl sites for hydroxylation is 1. The van der Waals surface area contributed by atoms with Gasteiger partial charge in [0.25, 0.3) is 0 Å². The number of methoxy groups -OCH3 is 1. The molecule has 0 amide bonds. The van der Waals surface area contributed by atoms with Gasteiger partial charge in [-0.25, -0.2) is 0 Å². The van der Waals surface area contributed by atoms with E-state index in [1.54, 1.807) is 6.07 Å². The lowest BCUT2D eigenvalue weighted by Gasteiger charge is -2.12. The number of esters is 1. The van der Waals surface area contributed by atoms with Crippen molar-refractivity contribution in [2.75, 3.05) is 19.0 Å². The van der Waals surface area contributed by atoms with Crippen molar-refractivity contribution in [2.45, 2.75) is 19.8 Å². The van der Waals surface area contributed by atoms with Crippen LogP contribution in [0.1, 0.15) is 18.4 Å². The SMILES string of the molecule is COC(=O)CCCNC(=S)Nc1ccc(Cl)cc1C. The Bertz CT molecular complexity index is 466. The molecular formula is C13H17ClN2O2S. The molecule has 1 aromatic carbocycles. The number of carbonyl (C=O) groups is 1. The van der Waals surface area contributed by atoms with Crippen molar-refractivity contribution in [1.29, 1.82) is 0 Å². The standard InChI is InChI=1S/C13H17ClN2O2S/c1-9-8-10(14)5-6-11(9)16-13(19)15-7-3-4-12(17)18-2/h5-6,8H,3-4,7H2,1-2H3,(H2,15,16,19). The zero-order valence-corrected chi connectivity index (χ0v) is 12.5. The molecule has 6 heteroatoms. The van der Waals surface area contributed by atoms with Crippen LogP contribution in [0, 0.1) is 6.92 Å². The minimum absolute atomic E-state index is 0.214. The van der Waals surface area contributed by atoms with Gasteiger partial charge in [0, 0.05) is 23.7 Å². The summed E-state index contributed by atoms with van der Waals surface area (Å²) in [5.74, 6) is -0.214. The molecule has 0 saturated carbocycles. The minimum Gasteiger partial charge on any atom is -0.469 e. The lowest BCUT2D eigenvalue weighted by Crippen LogP contribution is -2.29. The predicted molar refractivity (Wildman–Crippen MR) is 81.7 cm³/mol. The summed E-state index contributed by atoms with van der Waals surface area (Å²) in [6, 6.07) is 5.54. The Hall–Kier alpha value is -1.33. The summed E-state index contributed by atoms with van der Waals surface area (Å²) in [5.41, 5.74) is 1.93. The van der Waals surface area contributed by atoms with Gasteiger partial charge in [0.05, 0.1) is 7.11 Å². The fraction of sp³-hybridized carbons (Fsp3) is 0.385. The van der Waals surface area contributed by atoms with Crippen LogP contribution in [0.5, 0.6) is 0 Å². The van der Waals surface area contributed by atoms with E-state index in [9.17, 15) is 4.79 Å². The van der Waals surface area contributed by atoms with E-state index < -0.39 is 0 Å². The van der Waals surface area contributed by atoms with Crippen molar-refractivity contribution >= 4 is 40.6 Å². The lowest BCUT2D eigenvalue weighted by atomic mass is 10.2. The van der Waals surface area contributed by atoms with E-state index in [0.717, 1.165) is 11.3 Å². The number of ether oxygens (including phenoxy) is 1. The number of nitrogens with one attached hydrogen (secondary N) is 2. The van der Waals surface area contributed by atoms with Crippen LogP contribution in [-0.4, -0.2) is 24.7 Å². The van der Waals surface area contributed by atoms with E-state index >= 15 is 0 Å². The highest BCUT2D eigenvalue weighted by Gasteiger charge is 2.03. The number of anilines is 1. The summed E-state index contributed by atoms with van der Waals surface area (Å²) in [6.45, 7) is 2.57. The van der Waals surface area contributed by atoms with Crippen molar-refractivity contribution in [3.05, 3.63) is 28.8 Å². The number of carbonyl (C=O) groups excluding carboxylic acids is 1. The zero-order valence-electron chi connectivity index (χ0n) is 11.0. The van der Waals surface area contributed by atoms with Crippen molar-refractivity contribution in [3.63, 3.8) is 0 Å². The Morgan fingerprint density at radius 2 is 2.21 bits per heavy atom. The average Bonchev–Trinajstić information content (AvgIpc) is 2.37. The van der Waals surface area contributed by atoms with Gasteiger partial charge in [-0.2, -0.15) is 0 Å². The normalized spacial score (nSPS) is 9.84. The van der Waals surface area contributed by atoms with Crippen LogP contribution < -0.4 is 10.6 Å². The zero-order chi connectivity index (χ0) is 14.3. The Labute approximate surface area is 123 Å². The van der Waals surface area contributed by atoms with Gasteiger partial charge in [0.15, 0.2) is 5.11 Å². The largest absolute Gasteiger partial charge is 0.469 e. The van der Waals surface area contributed by atoms with E-state index in [1.807, 2.05) is 19.1 Å². The molecule has 0 heterocycles. The molecule has 104 valence electrons. The molecule has 0 spiro atoms. The Morgan fingerprint density at radius 3 is 2.84 bits per heavy atom. The molecule has 0 bridgehead atoms. The fourth-order valence-corrected chi connectivity index (χ4v) is 1.91. The van der Waals surface area contributed by atoms with Gasteiger partial charge in [0.2, 0.25) is 0 Å². The van der Waals surface area contributed by atoms with Gasteiger partial charge < -0.3 is 15.4 Å². The van der Waals surface area contributed by atoms with Crippen LogP contribution in [0.3, 0.4) is 0 Å². The molecule has 0 aromatic heterocycles. The van der Waals surface area contributed by atoms with Crippen LogP contribution in [0.25, 0.3) is 0 Å². The molecule has 19 heavy (non-hydrogen) atoms. The predicted octanol–water partition coefficient (Wildman–Crippen LogP) is 2.89. The monoisotopic (exact) mass is 300 g/mol. The van der Waals surface area contributed by atoms with Crippen molar-refractivity contribution in [3.8, 4) is 0 Å². The minimum atomic E-state index is -0.214. The molecule has 0 saturated heterocycles. The van der Waals surface area contributed by atoms with Crippen molar-refractivity contribution in [1.82, 2.24) is 5.32 Å². The second-order valence-electron chi connectivity index (χ2n) is 4.02. The highest BCUT2D eigenvalue weighted by molar-refractivity contribution is 7.80. The van der Waals surface area contributed by atoms with Gasteiger partial charge in [-0.05, 0) is 49.3 Å². The van der Waals surface area contributed by atoms with E-state index in [2.05, 4.69) is 15.4 Å². The summed E-state index contributed by atoms with van der Waals surface area (Å²) in [5, 5.41) is 7.33. The Kier molecular flexibility index (Phi) is 6.59. The number of hydrogen-bond donors (Lipinski definition) is 2. The summed E-state index contributed by atoms with van der Waals surface area (Å²) >= 11 is 11.0. The molecule has 0 aliphatic heterocycles. The van der Waals surface area contributed by atoms with Crippen LogP contribution in [-0.2, 0) is 9.53 Å². The van der Waals surface area contributed by atoms with Crippen molar-refractivity contribution < 1.29 is 9.53 Å². The van der Waals surface area contributed by atoms with Gasteiger partial charge in [0.1, 0.15) is 0 Å². The van der Waals surface area contributed by atoms with Crippen LogP contribution >= 0.6 is 23.8 Å². The molecule has 0 atom stereocenters. The van der Waals surface area contributed by atoms with Crippen molar-refractivity contribution in [2.24, 2.45) is 0 Å². The topological polar surface area (TPSA) is 50.4 Å². The molecular weight excluding hydrogens is 284 g/mol. The van der Waals surface area contributed by atoms with Gasteiger partial charge in [-0.15, -0.1) is 0 Å². The first-order chi connectivity index (χ1) is 9.02. The Morgan fingerprint density at radius 1 is 1.47 bits per heavy atom. The highest BCUT2D eigenvalue weighted by atomic mass is 35.5. The molecule has 0 aliphatic rings. The molecule has 0 unspecified atom stereocenters. The van der Waals surface area contributed by atoms with E-state index in [-0.39, 0.29) is 5.97 Å². The van der Waals surface area contributed by atoms with Crippen LogP contribution in [0.15, 0.2) is 18.2 Å². The van der Waals surface area contributed by atoms with E-state index in [4.69, 9.17) is 23.8 Å². The number of hydrogen-bond acceptors (Lipinski definition) is 3. The second-order valence-corrected chi connectivity index (χ2v) is 4.86. The maximum atomic E-state index is 10.9. The first-order valence-corrected chi connectivity index (χ1v) is 6.69. The van der Waals surface area contributed by atoms with Crippen LogP contribution in [0.2, 0.25) is 5.02 Å². The summed E-state index contributed by atoms with van der Waals surface area (Å²) < 4.78 is 4.55.